The third-order valence-electron chi connectivity index (χ3n) is 2.69. The highest BCUT2D eigenvalue weighted by molar-refractivity contribution is 5.96. The minimum atomic E-state index is 0.550. The second kappa shape index (κ2) is 5.30. The molecule has 2 aromatic rings. The van der Waals surface area contributed by atoms with E-state index in [1.165, 1.54) is 5.56 Å². The first-order valence-corrected chi connectivity index (χ1v) is 5.66. The molecule has 0 saturated heterocycles. The van der Waals surface area contributed by atoms with Crippen molar-refractivity contribution in [1.82, 2.24) is 4.90 Å². The van der Waals surface area contributed by atoms with Crippen molar-refractivity contribution in [3.8, 4) is 0 Å². The van der Waals surface area contributed by atoms with E-state index in [4.69, 9.17) is 5.41 Å². The quantitative estimate of drug-likeness (QED) is 0.629. The summed E-state index contributed by atoms with van der Waals surface area (Å²) in [6.45, 7) is 0.758. The Morgan fingerprint density at radius 2 is 1.47 bits per heavy atom. The van der Waals surface area contributed by atoms with Crippen molar-refractivity contribution in [2.45, 2.75) is 6.54 Å². The molecule has 86 valence electrons. The number of rotatable bonds is 3. The van der Waals surface area contributed by atoms with E-state index < -0.39 is 0 Å². The number of amidine groups is 1. The van der Waals surface area contributed by atoms with Gasteiger partial charge in [0.15, 0.2) is 0 Å². The highest BCUT2D eigenvalue weighted by Crippen LogP contribution is 2.07. The van der Waals surface area contributed by atoms with Crippen LogP contribution in [0.1, 0.15) is 11.1 Å². The van der Waals surface area contributed by atoms with E-state index in [9.17, 15) is 0 Å². The maximum absolute atomic E-state index is 8.11. The van der Waals surface area contributed by atoms with E-state index in [1.807, 2.05) is 60.5 Å². The fourth-order valence-corrected chi connectivity index (χ4v) is 1.75. The van der Waals surface area contributed by atoms with Crippen molar-refractivity contribution in [2.24, 2.45) is 0 Å². The molecule has 0 unspecified atom stereocenters. The van der Waals surface area contributed by atoms with Crippen LogP contribution in [0.3, 0.4) is 0 Å². The Bertz CT molecular complexity index is 477. The van der Waals surface area contributed by atoms with Gasteiger partial charge in [0.2, 0.25) is 0 Å². The lowest BCUT2D eigenvalue weighted by Gasteiger charge is -2.20. The van der Waals surface area contributed by atoms with E-state index in [-0.39, 0.29) is 0 Å². The normalized spacial score (nSPS) is 9.94. The summed E-state index contributed by atoms with van der Waals surface area (Å²) in [5.74, 6) is 0.550. The van der Waals surface area contributed by atoms with E-state index in [2.05, 4.69) is 12.1 Å². The fraction of sp³-hybridized carbons (Fsp3) is 0.133. The molecule has 2 heteroatoms. The second-order valence-corrected chi connectivity index (χ2v) is 4.06. The average Bonchev–Trinajstić information content (AvgIpc) is 2.40. The summed E-state index contributed by atoms with van der Waals surface area (Å²) < 4.78 is 0. The molecular formula is C15H16N2. The molecule has 0 heterocycles. The third kappa shape index (κ3) is 2.94. The van der Waals surface area contributed by atoms with E-state index in [0.717, 1.165) is 12.1 Å². The van der Waals surface area contributed by atoms with Gasteiger partial charge in [0.1, 0.15) is 5.84 Å². The van der Waals surface area contributed by atoms with Crippen molar-refractivity contribution >= 4 is 5.84 Å². The maximum Gasteiger partial charge on any atom is 0.128 e. The van der Waals surface area contributed by atoms with Gasteiger partial charge in [-0.1, -0.05) is 60.7 Å². The van der Waals surface area contributed by atoms with Gasteiger partial charge in [-0.25, -0.2) is 0 Å². The molecule has 0 spiro atoms. The van der Waals surface area contributed by atoms with Gasteiger partial charge in [-0.2, -0.15) is 0 Å². The number of nitrogens with one attached hydrogen (secondary N) is 1. The Balaban J connectivity index is 2.06. The van der Waals surface area contributed by atoms with Crippen LogP contribution in [0.25, 0.3) is 0 Å². The van der Waals surface area contributed by atoms with Crippen molar-refractivity contribution in [2.75, 3.05) is 7.05 Å². The summed E-state index contributed by atoms with van der Waals surface area (Å²) in [5, 5.41) is 8.11. The number of nitrogens with zero attached hydrogens (tertiary/aromatic N) is 1. The lowest BCUT2D eigenvalue weighted by atomic mass is 10.1. The standard InChI is InChI=1S/C15H16N2/c1-17(12-13-8-4-2-5-9-13)15(16)14-10-6-3-7-11-14/h2-11,16H,12H2,1H3. The van der Waals surface area contributed by atoms with Crippen molar-refractivity contribution < 1.29 is 0 Å². The second-order valence-electron chi connectivity index (χ2n) is 4.06. The van der Waals surface area contributed by atoms with E-state index in [0.29, 0.717) is 5.84 Å². The highest BCUT2D eigenvalue weighted by atomic mass is 15.1. The first kappa shape index (κ1) is 11.4. The molecule has 0 radical (unpaired) electrons. The van der Waals surface area contributed by atoms with Gasteiger partial charge in [0, 0.05) is 19.2 Å². The Morgan fingerprint density at radius 1 is 0.941 bits per heavy atom. The number of hydrogen-bond acceptors (Lipinski definition) is 1. The Labute approximate surface area is 102 Å². The van der Waals surface area contributed by atoms with Crippen molar-refractivity contribution in [3.63, 3.8) is 0 Å². The van der Waals surface area contributed by atoms with Crippen molar-refractivity contribution in [1.29, 1.82) is 5.41 Å². The fourth-order valence-electron chi connectivity index (χ4n) is 1.75. The first-order chi connectivity index (χ1) is 8.27. The molecule has 0 aliphatic carbocycles. The zero-order valence-electron chi connectivity index (χ0n) is 9.93. The van der Waals surface area contributed by atoms with Crippen LogP contribution in [-0.4, -0.2) is 17.8 Å². The topological polar surface area (TPSA) is 27.1 Å². The molecule has 0 bridgehead atoms. The Morgan fingerprint density at radius 3 is 2.06 bits per heavy atom. The molecule has 0 aromatic heterocycles. The molecular weight excluding hydrogens is 208 g/mol. The minimum absolute atomic E-state index is 0.550. The molecule has 0 saturated carbocycles. The van der Waals surface area contributed by atoms with Gasteiger partial charge in [-0.3, -0.25) is 5.41 Å². The Kier molecular flexibility index (Phi) is 3.55. The molecule has 1 N–H and O–H groups in total. The molecule has 0 aliphatic rings. The van der Waals surface area contributed by atoms with Gasteiger partial charge in [0.05, 0.1) is 0 Å². The van der Waals surface area contributed by atoms with Gasteiger partial charge in [-0.15, -0.1) is 0 Å². The predicted molar refractivity (Wildman–Crippen MR) is 71.2 cm³/mol. The SMILES string of the molecule is CN(Cc1ccccc1)C(=N)c1ccccc1. The molecule has 0 aliphatic heterocycles. The van der Waals surface area contributed by atoms with E-state index in [1.54, 1.807) is 0 Å². The van der Waals surface area contributed by atoms with Gasteiger partial charge < -0.3 is 4.90 Å². The lowest BCUT2D eigenvalue weighted by molar-refractivity contribution is 0.498. The van der Waals surface area contributed by atoms with Crippen LogP contribution in [0.5, 0.6) is 0 Å². The first-order valence-electron chi connectivity index (χ1n) is 5.66. The molecule has 0 fully saturated rings. The van der Waals surface area contributed by atoms with Crippen LogP contribution in [0.15, 0.2) is 60.7 Å². The monoisotopic (exact) mass is 224 g/mol. The summed E-state index contributed by atoms with van der Waals surface area (Å²) in [4.78, 5) is 1.95. The largest absolute Gasteiger partial charge is 0.355 e. The van der Waals surface area contributed by atoms with E-state index >= 15 is 0 Å². The minimum Gasteiger partial charge on any atom is -0.355 e. The average molecular weight is 224 g/mol. The van der Waals surface area contributed by atoms with Crippen LogP contribution in [0.2, 0.25) is 0 Å². The summed E-state index contributed by atoms with van der Waals surface area (Å²) in [6.07, 6.45) is 0. The smallest absolute Gasteiger partial charge is 0.128 e. The molecule has 17 heavy (non-hydrogen) atoms. The van der Waals surface area contributed by atoms with Crippen LogP contribution < -0.4 is 0 Å². The maximum atomic E-state index is 8.11. The van der Waals surface area contributed by atoms with Gasteiger partial charge >= 0.3 is 0 Å². The summed E-state index contributed by atoms with van der Waals surface area (Å²) in [7, 11) is 1.95. The summed E-state index contributed by atoms with van der Waals surface area (Å²) >= 11 is 0. The van der Waals surface area contributed by atoms with Gasteiger partial charge in [0.25, 0.3) is 0 Å². The van der Waals surface area contributed by atoms with Gasteiger partial charge in [-0.05, 0) is 5.56 Å². The zero-order chi connectivity index (χ0) is 12.1. The zero-order valence-corrected chi connectivity index (χ0v) is 9.93. The molecule has 2 nitrogen and oxygen atoms in total. The lowest BCUT2D eigenvalue weighted by Crippen LogP contribution is -2.26. The predicted octanol–water partition coefficient (Wildman–Crippen LogP) is 3.14. The van der Waals surface area contributed by atoms with Crippen molar-refractivity contribution in [3.05, 3.63) is 71.8 Å². The number of benzene rings is 2. The molecule has 0 atom stereocenters. The molecule has 2 rings (SSSR count). The molecule has 2 aromatic carbocycles. The molecule has 0 amide bonds. The summed E-state index contributed by atoms with van der Waals surface area (Å²) in [5.41, 5.74) is 2.17. The third-order valence-corrected chi connectivity index (χ3v) is 2.69. The highest BCUT2D eigenvalue weighted by Gasteiger charge is 2.06. The van der Waals surface area contributed by atoms with Crippen LogP contribution in [0.4, 0.5) is 0 Å². The van der Waals surface area contributed by atoms with Crippen LogP contribution >= 0.6 is 0 Å². The summed E-state index contributed by atoms with van der Waals surface area (Å²) in [6, 6.07) is 20.0. The Hall–Kier alpha value is -2.09. The van der Waals surface area contributed by atoms with Crippen LogP contribution in [0, 0.1) is 5.41 Å². The number of hydrogen-bond donors (Lipinski definition) is 1. The van der Waals surface area contributed by atoms with Crippen LogP contribution in [-0.2, 0) is 6.54 Å².